The number of ether oxygens (including phenoxy) is 3. The van der Waals surface area contributed by atoms with Crippen molar-refractivity contribution in [2.45, 2.75) is 11.7 Å². The summed E-state index contributed by atoms with van der Waals surface area (Å²) in [5.74, 6) is 1.85. The molecular weight excluding hydrogens is 586 g/mol. The van der Waals surface area contributed by atoms with Crippen molar-refractivity contribution >= 4 is 45.2 Å². The van der Waals surface area contributed by atoms with E-state index in [1.807, 2.05) is 28.8 Å². The summed E-state index contributed by atoms with van der Waals surface area (Å²) >= 11 is 4.67. The lowest BCUT2D eigenvalue weighted by atomic mass is 10.2. The molecule has 3 aromatic carbocycles. The molecule has 39 heavy (non-hydrogen) atoms. The van der Waals surface area contributed by atoms with E-state index in [0.717, 1.165) is 10.2 Å². The van der Waals surface area contributed by atoms with Crippen LogP contribution >= 0.6 is 27.7 Å². The number of hydrogen-bond donors (Lipinski definition) is 2. The van der Waals surface area contributed by atoms with Crippen molar-refractivity contribution in [1.82, 2.24) is 20.1 Å². The molecule has 0 aliphatic carbocycles. The van der Waals surface area contributed by atoms with Gasteiger partial charge in [-0.3, -0.25) is 14.2 Å². The summed E-state index contributed by atoms with van der Waals surface area (Å²) in [7, 11) is 4.65. The lowest BCUT2D eigenvalue weighted by Crippen LogP contribution is -2.24. The van der Waals surface area contributed by atoms with Crippen LogP contribution in [0.5, 0.6) is 17.2 Å². The van der Waals surface area contributed by atoms with Gasteiger partial charge in [0.1, 0.15) is 17.2 Å². The molecule has 0 fully saturated rings. The maximum atomic E-state index is 12.8. The summed E-state index contributed by atoms with van der Waals surface area (Å²) in [6.45, 7) is 0.129. The van der Waals surface area contributed by atoms with E-state index in [2.05, 4.69) is 36.8 Å². The minimum atomic E-state index is -0.259. The topological polar surface area (TPSA) is 117 Å². The van der Waals surface area contributed by atoms with Crippen LogP contribution in [0.4, 0.5) is 5.69 Å². The normalized spacial score (nSPS) is 10.6. The summed E-state index contributed by atoms with van der Waals surface area (Å²) in [4.78, 5) is 25.5. The molecule has 0 aliphatic heterocycles. The van der Waals surface area contributed by atoms with E-state index in [0.29, 0.717) is 39.5 Å². The summed E-state index contributed by atoms with van der Waals surface area (Å²) < 4.78 is 18.4. The van der Waals surface area contributed by atoms with Crippen molar-refractivity contribution in [1.29, 1.82) is 0 Å². The van der Waals surface area contributed by atoms with E-state index in [4.69, 9.17) is 14.2 Å². The first-order chi connectivity index (χ1) is 18.9. The first-order valence-electron chi connectivity index (χ1n) is 11.7. The number of rotatable bonds is 11. The van der Waals surface area contributed by atoms with Gasteiger partial charge >= 0.3 is 0 Å². The lowest BCUT2D eigenvalue weighted by molar-refractivity contribution is -0.113. The van der Waals surface area contributed by atoms with E-state index < -0.39 is 0 Å². The van der Waals surface area contributed by atoms with Crippen LogP contribution in [0, 0.1) is 0 Å². The minimum Gasteiger partial charge on any atom is -0.497 e. The van der Waals surface area contributed by atoms with Gasteiger partial charge in [0.25, 0.3) is 5.91 Å². The number of anilines is 1. The summed E-state index contributed by atoms with van der Waals surface area (Å²) in [5.41, 5.74) is 1.81. The van der Waals surface area contributed by atoms with Crippen LogP contribution in [0.25, 0.3) is 5.69 Å². The van der Waals surface area contributed by atoms with E-state index >= 15 is 0 Å². The van der Waals surface area contributed by atoms with Crippen molar-refractivity contribution < 1.29 is 23.8 Å². The highest BCUT2D eigenvalue weighted by Crippen LogP contribution is 2.30. The number of carbonyl (C=O) groups excluding carboxylic acids is 2. The van der Waals surface area contributed by atoms with Crippen LogP contribution in [-0.2, 0) is 11.3 Å². The molecular formula is C27H26BrN5O5S. The second kappa shape index (κ2) is 13.2. The number of nitrogens with zero attached hydrogens (tertiary/aromatic N) is 3. The van der Waals surface area contributed by atoms with Gasteiger partial charge < -0.3 is 24.8 Å². The average Bonchev–Trinajstić information content (AvgIpc) is 3.38. The first kappa shape index (κ1) is 28.0. The zero-order valence-electron chi connectivity index (χ0n) is 21.4. The fourth-order valence-electron chi connectivity index (χ4n) is 3.58. The number of carbonyl (C=O) groups is 2. The van der Waals surface area contributed by atoms with Gasteiger partial charge in [-0.1, -0.05) is 27.7 Å². The predicted octanol–water partition coefficient (Wildman–Crippen LogP) is 4.72. The number of hydrogen-bond acceptors (Lipinski definition) is 8. The summed E-state index contributed by atoms with van der Waals surface area (Å²) in [5, 5.41) is 14.8. The fraction of sp³-hybridized carbons (Fsp3) is 0.185. The molecule has 12 heteroatoms. The maximum absolute atomic E-state index is 12.8. The molecule has 10 nitrogen and oxygen atoms in total. The summed E-state index contributed by atoms with van der Waals surface area (Å²) in [6.07, 6.45) is 0. The molecule has 0 unspecified atom stereocenters. The molecule has 2 N–H and O–H groups in total. The quantitative estimate of drug-likeness (QED) is 0.234. The lowest BCUT2D eigenvalue weighted by Gasteiger charge is -2.13. The maximum Gasteiger partial charge on any atom is 0.251 e. The third kappa shape index (κ3) is 7.09. The van der Waals surface area contributed by atoms with Gasteiger partial charge in [-0.2, -0.15) is 0 Å². The highest BCUT2D eigenvalue weighted by atomic mass is 79.9. The van der Waals surface area contributed by atoms with E-state index in [9.17, 15) is 9.59 Å². The van der Waals surface area contributed by atoms with E-state index in [1.54, 1.807) is 56.7 Å². The largest absolute Gasteiger partial charge is 0.497 e. The van der Waals surface area contributed by atoms with Crippen LogP contribution < -0.4 is 24.8 Å². The molecule has 0 spiro atoms. The third-order valence-corrected chi connectivity index (χ3v) is 7.02. The number of nitrogens with one attached hydrogen (secondary N) is 2. The van der Waals surface area contributed by atoms with Crippen LogP contribution in [0.15, 0.2) is 76.4 Å². The molecule has 4 rings (SSSR count). The van der Waals surface area contributed by atoms with Gasteiger partial charge in [0, 0.05) is 21.8 Å². The van der Waals surface area contributed by atoms with Crippen molar-refractivity contribution in [2.24, 2.45) is 0 Å². The molecule has 1 heterocycles. The average molecular weight is 613 g/mol. The molecule has 0 saturated carbocycles. The van der Waals surface area contributed by atoms with E-state index in [-0.39, 0.29) is 24.1 Å². The number of amides is 2. The first-order valence-corrected chi connectivity index (χ1v) is 13.5. The monoisotopic (exact) mass is 611 g/mol. The second-order valence-corrected chi connectivity index (χ2v) is 9.88. The van der Waals surface area contributed by atoms with Crippen molar-refractivity contribution in [3.05, 3.63) is 82.6 Å². The minimum absolute atomic E-state index is 0.0715. The van der Waals surface area contributed by atoms with Gasteiger partial charge in [-0.05, 0) is 60.7 Å². The Balaban J connectivity index is 1.49. The molecule has 1 aromatic heterocycles. The Kier molecular flexibility index (Phi) is 9.45. The highest BCUT2D eigenvalue weighted by Gasteiger charge is 2.18. The van der Waals surface area contributed by atoms with Crippen molar-refractivity contribution in [3.8, 4) is 22.9 Å². The molecule has 0 aliphatic rings. The number of benzene rings is 3. The van der Waals surface area contributed by atoms with Crippen LogP contribution in [0.3, 0.4) is 0 Å². The van der Waals surface area contributed by atoms with Crippen molar-refractivity contribution in [2.75, 3.05) is 32.4 Å². The SMILES string of the molecule is COc1ccc(C(=O)NCc2nnc(SCC(=O)Nc3ccc(OC)cc3OC)n2-c2ccc(Br)cc2)cc1. The van der Waals surface area contributed by atoms with Gasteiger partial charge in [0.05, 0.1) is 39.3 Å². The zero-order valence-corrected chi connectivity index (χ0v) is 23.8. The molecule has 2 amide bonds. The van der Waals surface area contributed by atoms with Gasteiger partial charge in [-0.25, -0.2) is 0 Å². The Morgan fingerprint density at radius 3 is 2.26 bits per heavy atom. The van der Waals surface area contributed by atoms with E-state index in [1.165, 1.54) is 18.9 Å². The number of aromatic nitrogens is 3. The van der Waals surface area contributed by atoms with Crippen LogP contribution in [0.1, 0.15) is 16.2 Å². The van der Waals surface area contributed by atoms with Gasteiger partial charge in [-0.15, -0.1) is 10.2 Å². The van der Waals surface area contributed by atoms with Crippen LogP contribution in [0.2, 0.25) is 0 Å². The van der Waals surface area contributed by atoms with Gasteiger partial charge in [0.15, 0.2) is 11.0 Å². The summed E-state index contributed by atoms with van der Waals surface area (Å²) in [6, 6.07) is 19.6. The predicted molar refractivity (Wildman–Crippen MR) is 152 cm³/mol. The standard InChI is InChI=1S/C27H26BrN5O5S/c1-36-20-10-4-17(5-11-20)26(35)29-15-24-31-32-27(33(24)19-8-6-18(28)7-9-19)39-16-25(34)30-22-13-12-21(37-2)14-23(22)38-3/h4-14H,15-16H2,1-3H3,(H,29,35)(H,30,34). The second-order valence-electron chi connectivity index (χ2n) is 8.02. The molecule has 4 aromatic rings. The Hall–Kier alpha value is -4.03. The highest BCUT2D eigenvalue weighted by molar-refractivity contribution is 9.10. The number of methoxy groups -OCH3 is 3. The fourth-order valence-corrected chi connectivity index (χ4v) is 4.61. The Bertz CT molecular complexity index is 1440. The number of thioether (sulfide) groups is 1. The Labute approximate surface area is 238 Å². The third-order valence-electron chi connectivity index (χ3n) is 5.56. The van der Waals surface area contributed by atoms with Gasteiger partial charge in [0.2, 0.25) is 5.91 Å². The molecule has 0 atom stereocenters. The molecule has 0 saturated heterocycles. The van der Waals surface area contributed by atoms with Crippen LogP contribution in [-0.4, -0.2) is 53.7 Å². The molecule has 202 valence electrons. The molecule has 0 radical (unpaired) electrons. The zero-order chi connectivity index (χ0) is 27.8. The number of halogens is 1. The Morgan fingerprint density at radius 2 is 1.59 bits per heavy atom. The molecule has 0 bridgehead atoms. The smallest absolute Gasteiger partial charge is 0.251 e. The Morgan fingerprint density at radius 1 is 0.897 bits per heavy atom. The van der Waals surface area contributed by atoms with Crippen molar-refractivity contribution in [3.63, 3.8) is 0 Å².